The first-order valence-electron chi connectivity index (χ1n) is 8.76. The zero-order chi connectivity index (χ0) is 21.4. The second-order valence-electron chi connectivity index (χ2n) is 6.31. The van der Waals surface area contributed by atoms with Gasteiger partial charge in [0.2, 0.25) is 0 Å². The van der Waals surface area contributed by atoms with Crippen LogP contribution in [-0.4, -0.2) is 52.0 Å². The molecule has 0 saturated carbocycles. The molecule has 0 aromatic heterocycles. The fourth-order valence-corrected chi connectivity index (χ4v) is 3.10. The van der Waals surface area contributed by atoms with Gasteiger partial charge in [0, 0.05) is 23.0 Å². The third kappa shape index (κ3) is 6.56. The van der Waals surface area contributed by atoms with Gasteiger partial charge in [-0.1, -0.05) is 54.1 Å². The van der Waals surface area contributed by atoms with Crippen molar-refractivity contribution >= 4 is 29.4 Å². The normalized spacial score (nSPS) is 12.7. The summed E-state index contributed by atoms with van der Waals surface area (Å²) < 4.78 is 0. The molecule has 5 N–H and O–H groups in total. The van der Waals surface area contributed by atoms with Crippen molar-refractivity contribution in [2.45, 2.75) is 25.0 Å². The second kappa shape index (κ2) is 10.6. The Labute approximate surface area is 172 Å². The van der Waals surface area contributed by atoms with Crippen LogP contribution < -0.4 is 10.6 Å². The zero-order valence-electron chi connectivity index (χ0n) is 15.3. The van der Waals surface area contributed by atoms with E-state index >= 15 is 0 Å². The number of carbonyl (C=O) groups is 3. The Balaban J connectivity index is 2.18. The smallest absolute Gasteiger partial charge is 0.332 e. The molecule has 0 bridgehead atoms. The largest absolute Gasteiger partial charge is 0.479 e. The zero-order valence-corrected chi connectivity index (χ0v) is 16.1. The highest BCUT2D eigenvalue weighted by atomic mass is 35.5. The lowest BCUT2D eigenvalue weighted by Crippen LogP contribution is -2.47. The average Bonchev–Trinajstić information content (AvgIpc) is 2.68. The molecule has 0 heterocycles. The highest BCUT2D eigenvalue weighted by Gasteiger charge is 2.24. The molecule has 0 fully saturated rings. The first kappa shape index (κ1) is 22.4. The summed E-state index contributed by atoms with van der Waals surface area (Å²) in [6, 6.07) is 13.9. The van der Waals surface area contributed by atoms with Crippen molar-refractivity contribution in [3.8, 4) is 11.1 Å². The number of carbonyl (C=O) groups excluding carboxylic acids is 2. The van der Waals surface area contributed by atoms with E-state index < -0.39 is 36.7 Å². The molecular formula is C20H21ClN2O6. The minimum absolute atomic E-state index is 0.136. The van der Waals surface area contributed by atoms with E-state index in [1.54, 1.807) is 18.2 Å². The van der Waals surface area contributed by atoms with Gasteiger partial charge in [-0.05, 0) is 23.6 Å². The predicted molar refractivity (Wildman–Crippen MR) is 106 cm³/mol. The number of hydrogen-bond donors (Lipinski definition) is 5. The number of aliphatic carboxylic acids is 1. The number of carboxylic acid groups (broad SMARTS) is 1. The van der Waals surface area contributed by atoms with Crippen molar-refractivity contribution in [3.05, 3.63) is 59.1 Å². The molecule has 0 aliphatic carbocycles. The van der Waals surface area contributed by atoms with Crippen LogP contribution in [-0.2, 0) is 20.8 Å². The number of benzene rings is 2. The van der Waals surface area contributed by atoms with Crippen LogP contribution >= 0.6 is 11.6 Å². The van der Waals surface area contributed by atoms with E-state index in [2.05, 4.69) is 5.32 Å². The van der Waals surface area contributed by atoms with Gasteiger partial charge < -0.3 is 26.0 Å². The van der Waals surface area contributed by atoms with Crippen molar-refractivity contribution in [1.29, 1.82) is 0 Å². The predicted octanol–water partition coefficient (Wildman–Crippen LogP) is 0.936. The molecule has 2 aromatic carbocycles. The highest BCUT2D eigenvalue weighted by molar-refractivity contribution is 6.35. The van der Waals surface area contributed by atoms with Crippen LogP contribution in [0.4, 0.5) is 0 Å². The third-order valence-corrected chi connectivity index (χ3v) is 4.49. The van der Waals surface area contributed by atoms with E-state index in [0.29, 0.717) is 10.6 Å². The lowest BCUT2D eigenvalue weighted by atomic mass is 9.97. The van der Waals surface area contributed by atoms with E-state index in [4.69, 9.17) is 21.8 Å². The Morgan fingerprint density at radius 1 is 1.03 bits per heavy atom. The molecule has 2 amide bonds. The number of aliphatic hydroxyl groups excluding tert-OH is 2. The summed E-state index contributed by atoms with van der Waals surface area (Å²) in [6.45, 7) is -0.717. The summed E-state index contributed by atoms with van der Waals surface area (Å²) in [4.78, 5) is 34.4. The van der Waals surface area contributed by atoms with Gasteiger partial charge in [0.1, 0.15) is 6.73 Å². The van der Waals surface area contributed by atoms with Gasteiger partial charge in [-0.3, -0.25) is 9.59 Å². The van der Waals surface area contributed by atoms with Gasteiger partial charge in [0.15, 0.2) is 6.10 Å². The van der Waals surface area contributed by atoms with Gasteiger partial charge in [0.25, 0.3) is 0 Å². The highest BCUT2D eigenvalue weighted by Crippen LogP contribution is 2.29. The van der Waals surface area contributed by atoms with E-state index in [0.717, 1.165) is 11.1 Å². The minimum Gasteiger partial charge on any atom is -0.479 e. The Morgan fingerprint density at radius 3 is 2.31 bits per heavy atom. The van der Waals surface area contributed by atoms with Crippen molar-refractivity contribution in [1.82, 2.24) is 10.6 Å². The first-order valence-corrected chi connectivity index (χ1v) is 9.14. The summed E-state index contributed by atoms with van der Waals surface area (Å²) in [5.41, 5.74) is 2.42. The molecule has 0 aliphatic rings. The Kier molecular flexibility index (Phi) is 8.14. The maximum absolute atomic E-state index is 11.9. The number of amides is 2. The molecule has 0 aliphatic heterocycles. The summed E-state index contributed by atoms with van der Waals surface area (Å²) in [5, 5.41) is 32.0. The average molecular weight is 421 g/mol. The molecule has 8 nitrogen and oxygen atoms in total. The Morgan fingerprint density at radius 2 is 1.72 bits per heavy atom. The molecule has 29 heavy (non-hydrogen) atoms. The van der Waals surface area contributed by atoms with E-state index in [-0.39, 0.29) is 12.8 Å². The van der Waals surface area contributed by atoms with Crippen molar-refractivity contribution in [3.63, 3.8) is 0 Å². The van der Waals surface area contributed by atoms with Crippen molar-refractivity contribution in [2.24, 2.45) is 0 Å². The topological polar surface area (TPSA) is 136 Å². The van der Waals surface area contributed by atoms with Crippen molar-refractivity contribution < 1.29 is 29.7 Å². The van der Waals surface area contributed by atoms with Crippen LogP contribution in [0.1, 0.15) is 12.0 Å². The van der Waals surface area contributed by atoms with Crippen LogP contribution in [0.2, 0.25) is 5.02 Å². The molecule has 154 valence electrons. The molecule has 0 saturated heterocycles. The van der Waals surface area contributed by atoms with Gasteiger partial charge in [0.05, 0.1) is 0 Å². The SMILES string of the molecule is O=C(NCO)C(=O)N[C@H](Cc1ccc(-c2ccccc2)c(Cl)c1)C[C@@H](O)C(=O)O. The lowest BCUT2D eigenvalue weighted by molar-refractivity contribution is -0.147. The van der Waals surface area contributed by atoms with Gasteiger partial charge in [-0.2, -0.15) is 0 Å². The van der Waals surface area contributed by atoms with Gasteiger partial charge in [-0.25, -0.2) is 4.79 Å². The number of rotatable bonds is 8. The molecule has 2 aromatic rings. The fourth-order valence-electron chi connectivity index (χ4n) is 2.79. The number of hydrogen-bond acceptors (Lipinski definition) is 5. The molecule has 2 atom stereocenters. The molecular weight excluding hydrogens is 400 g/mol. The summed E-state index contributed by atoms with van der Waals surface area (Å²) in [6.07, 6.45) is -1.90. The number of carboxylic acids is 1. The number of halogens is 1. The Hall–Kier alpha value is -2.94. The lowest BCUT2D eigenvalue weighted by Gasteiger charge is -2.20. The standard InChI is InChI=1S/C20H21ClN2O6/c21-16-9-12(6-7-15(16)13-4-2-1-3-5-13)8-14(10-17(25)20(28)29)23-19(27)18(26)22-11-24/h1-7,9,14,17,24-25H,8,10-11H2,(H,22,26)(H,23,27)(H,28,29)/t14-,17-/m1/s1. The second-order valence-corrected chi connectivity index (χ2v) is 6.72. The van der Waals surface area contributed by atoms with Crippen LogP contribution in [0.25, 0.3) is 11.1 Å². The molecule has 9 heteroatoms. The van der Waals surface area contributed by atoms with Crippen molar-refractivity contribution in [2.75, 3.05) is 6.73 Å². The van der Waals surface area contributed by atoms with E-state index in [9.17, 15) is 19.5 Å². The van der Waals surface area contributed by atoms with Gasteiger partial charge in [-0.15, -0.1) is 0 Å². The summed E-state index contributed by atoms with van der Waals surface area (Å²) >= 11 is 6.38. The Bertz CT molecular complexity index is 875. The van der Waals surface area contributed by atoms with E-state index in [1.807, 2.05) is 35.6 Å². The van der Waals surface area contributed by atoms with Crippen LogP contribution in [0, 0.1) is 0 Å². The number of nitrogens with one attached hydrogen (secondary N) is 2. The quantitative estimate of drug-likeness (QED) is 0.318. The maximum Gasteiger partial charge on any atom is 0.332 e. The molecule has 0 spiro atoms. The minimum atomic E-state index is -1.72. The molecule has 0 unspecified atom stereocenters. The molecule has 2 rings (SSSR count). The molecule has 0 radical (unpaired) electrons. The van der Waals surface area contributed by atoms with Gasteiger partial charge >= 0.3 is 17.8 Å². The van der Waals surface area contributed by atoms with Crippen LogP contribution in [0.5, 0.6) is 0 Å². The summed E-state index contributed by atoms with van der Waals surface area (Å²) in [5.74, 6) is -3.56. The number of aliphatic hydroxyl groups is 2. The third-order valence-electron chi connectivity index (χ3n) is 4.17. The maximum atomic E-state index is 11.9. The summed E-state index contributed by atoms with van der Waals surface area (Å²) in [7, 11) is 0. The van der Waals surface area contributed by atoms with Crippen LogP contribution in [0.15, 0.2) is 48.5 Å². The fraction of sp³-hybridized carbons (Fsp3) is 0.250. The van der Waals surface area contributed by atoms with E-state index in [1.165, 1.54) is 0 Å². The first-order chi connectivity index (χ1) is 13.8. The monoisotopic (exact) mass is 420 g/mol. The van der Waals surface area contributed by atoms with Crippen LogP contribution in [0.3, 0.4) is 0 Å².